The van der Waals surface area contributed by atoms with Gasteiger partial charge in [0.15, 0.2) is 0 Å². The van der Waals surface area contributed by atoms with Crippen LogP contribution in [0.15, 0.2) is 42.5 Å². The molecule has 26 heavy (non-hydrogen) atoms. The van der Waals surface area contributed by atoms with E-state index in [0.717, 1.165) is 5.56 Å². The summed E-state index contributed by atoms with van der Waals surface area (Å²) in [6.07, 6.45) is 1.39. The normalized spacial score (nSPS) is 17.0. The van der Waals surface area contributed by atoms with E-state index < -0.39 is 5.82 Å². The number of phenolic OH excluding ortho intramolecular Hbond substituents is 1. The van der Waals surface area contributed by atoms with Crippen LogP contribution in [0.3, 0.4) is 0 Å². The summed E-state index contributed by atoms with van der Waals surface area (Å²) in [7, 11) is 0. The second kappa shape index (κ2) is 7.56. The zero-order valence-electron chi connectivity index (χ0n) is 14.5. The Kier molecular flexibility index (Phi) is 5.21. The average molecular weight is 356 g/mol. The number of carbonyl (C=O) groups is 2. The Morgan fingerprint density at radius 1 is 1.19 bits per heavy atom. The Morgan fingerprint density at radius 3 is 2.62 bits per heavy atom. The number of phenols is 1. The summed E-state index contributed by atoms with van der Waals surface area (Å²) in [6.45, 7) is 2.72. The Morgan fingerprint density at radius 2 is 1.92 bits per heavy atom. The van der Waals surface area contributed by atoms with Gasteiger partial charge in [0.25, 0.3) is 5.91 Å². The van der Waals surface area contributed by atoms with Crippen LogP contribution in [-0.2, 0) is 4.79 Å². The Balaban J connectivity index is 1.66. The fourth-order valence-corrected chi connectivity index (χ4v) is 3.13. The fraction of sp³-hybridized carbons (Fsp3) is 0.300. The molecule has 0 spiro atoms. The molecule has 1 aliphatic rings. The Hall–Kier alpha value is -2.89. The average Bonchev–Trinajstić information content (AvgIpc) is 2.64. The van der Waals surface area contributed by atoms with Gasteiger partial charge in [-0.05, 0) is 61.7 Å². The summed E-state index contributed by atoms with van der Waals surface area (Å²) in [4.78, 5) is 26.7. The van der Waals surface area contributed by atoms with Gasteiger partial charge in [-0.2, -0.15) is 0 Å². The van der Waals surface area contributed by atoms with Crippen LogP contribution < -0.4 is 5.32 Å². The number of rotatable bonds is 3. The molecular weight excluding hydrogens is 335 g/mol. The van der Waals surface area contributed by atoms with Gasteiger partial charge < -0.3 is 15.3 Å². The van der Waals surface area contributed by atoms with Gasteiger partial charge in [0.1, 0.15) is 11.6 Å². The van der Waals surface area contributed by atoms with Crippen molar-refractivity contribution in [3.05, 3.63) is 59.4 Å². The molecule has 2 N–H and O–H groups in total. The second-order valence-corrected chi connectivity index (χ2v) is 6.61. The number of aryl methyl sites for hydroxylation is 1. The molecule has 1 unspecified atom stereocenters. The molecule has 2 amide bonds. The maximum absolute atomic E-state index is 13.0. The lowest BCUT2D eigenvalue weighted by Gasteiger charge is -2.32. The first-order chi connectivity index (χ1) is 12.4. The Labute approximate surface area is 151 Å². The summed E-state index contributed by atoms with van der Waals surface area (Å²) in [5, 5.41) is 12.7. The monoisotopic (exact) mass is 356 g/mol. The van der Waals surface area contributed by atoms with E-state index in [1.54, 1.807) is 23.1 Å². The highest BCUT2D eigenvalue weighted by molar-refractivity contribution is 5.96. The Bertz CT molecular complexity index is 820. The van der Waals surface area contributed by atoms with E-state index in [0.29, 0.717) is 37.2 Å². The van der Waals surface area contributed by atoms with Crippen molar-refractivity contribution < 1.29 is 19.1 Å². The molecule has 0 aromatic heterocycles. The van der Waals surface area contributed by atoms with Crippen LogP contribution >= 0.6 is 0 Å². The highest BCUT2D eigenvalue weighted by atomic mass is 19.1. The first-order valence-electron chi connectivity index (χ1n) is 8.59. The zero-order valence-corrected chi connectivity index (χ0v) is 14.5. The quantitative estimate of drug-likeness (QED) is 0.829. The van der Waals surface area contributed by atoms with Gasteiger partial charge in [0, 0.05) is 18.7 Å². The van der Waals surface area contributed by atoms with Crippen molar-refractivity contribution in [2.45, 2.75) is 19.8 Å². The SMILES string of the molecule is Cc1ccc(NC(=O)C2CCCN(C(=O)c3ccc(F)cc3)C2)c(O)c1. The third kappa shape index (κ3) is 4.02. The predicted octanol–water partition coefficient (Wildman–Crippen LogP) is 3.33. The molecule has 0 saturated carbocycles. The molecule has 1 atom stereocenters. The minimum Gasteiger partial charge on any atom is -0.506 e. The number of carbonyl (C=O) groups excluding carboxylic acids is 2. The van der Waals surface area contributed by atoms with Gasteiger partial charge in [-0.3, -0.25) is 9.59 Å². The van der Waals surface area contributed by atoms with Crippen molar-refractivity contribution in [1.29, 1.82) is 0 Å². The highest BCUT2D eigenvalue weighted by Crippen LogP contribution is 2.26. The van der Waals surface area contributed by atoms with Crippen LogP contribution in [0.25, 0.3) is 0 Å². The number of anilines is 1. The summed E-state index contributed by atoms with van der Waals surface area (Å²) < 4.78 is 13.0. The number of likely N-dealkylation sites (tertiary alicyclic amines) is 1. The molecule has 6 heteroatoms. The molecule has 1 heterocycles. The number of hydrogen-bond donors (Lipinski definition) is 2. The maximum atomic E-state index is 13.0. The van der Waals surface area contributed by atoms with Gasteiger partial charge in [-0.15, -0.1) is 0 Å². The molecule has 0 bridgehead atoms. The fourth-order valence-electron chi connectivity index (χ4n) is 3.13. The third-order valence-corrected chi connectivity index (χ3v) is 4.58. The van der Waals surface area contributed by atoms with E-state index in [-0.39, 0.29) is 23.5 Å². The number of nitrogens with one attached hydrogen (secondary N) is 1. The molecule has 2 aromatic carbocycles. The summed E-state index contributed by atoms with van der Waals surface area (Å²) in [6, 6.07) is 10.5. The number of halogens is 1. The minimum absolute atomic E-state index is 0.0217. The number of amides is 2. The van der Waals surface area contributed by atoms with Gasteiger partial charge in [0.05, 0.1) is 11.6 Å². The number of aromatic hydroxyl groups is 1. The lowest BCUT2D eigenvalue weighted by Crippen LogP contribution is -2.43. The van der Waals surface area contributed by atoms with Gasteiger partial charge in [-0.1, -0.05) is 6.07 Å². The van der Waals surface area contributed by atoms with Crippen LogP contribution in [-0.4, -0.2) is 34.9 Å². The van der Waals surface area contributed by atoms with Crippen LogP contribution in [0.1, 0.15) is 28.8 Å². The maximum Gasteiger partial charge on any atom is 0.253 e. The van der Waals surface area contributed by atoms with E-state index in [1.807, 2.05) is 6.92 Å². The number of hydrogen-bond acceptors (Lipinski definition) is 3. The van der Waals surface area contributed by atoms with Crippen molar-refractivity contribution >= 4 is 17.5 Å². The van der Waals surface area contributed by atoms with E-state index in [1.165, 1.54) is 24.3 Å². The predicted molar refractivity (Wildman–Crippen MR) is 96.5 cm³/mol. The molecule has 136 valence electrons. The molecule has 5 nitrogen and oxygen atoms in total. The minimum atomic E-state index is -0.393. The first kappa shape index (κ1) is 17.9. The topological polar surface area (TPSA) is 69.6 Å². The van der Waals surface area contributed by atoms with Gasteiger partial charge in [-0.25, -0.2) is 4.39 Å². The van der Waals surface area contributed by atoms with Gasteiger partial charge in [0.2, 0.25) is 5.91 Å². The smallest absolute Gasteiger partial charge is 0.253 e. The lowest BCUT2D eigenvalue weighted by molar-refractivity contribution is -0.121. The number of nitrogens with zero attached hydrogens (tertiary/aromatic N) is 1. The molecule has 0 radical (unpaired) electrons. The second-order valence-electron chi connectivity index (χ2n) is 6.61. The largest absolute Gasteiger partial charge is 0.506 e. The van der Waals surface area contributed by atoms with E-state index in [4.69, 9.17) is 0 Å². The van der Waals surface area contributed by atoms with Crippen molar-refractivity contribution in [2.75, 3.05) is 18.4 Å². The third-order valence-electron chi connectivity index (χ3n) is 4.58. The van der Waals surface area contributed by atoms with E-state index in [2.05, 4.69) is 5.32 Å². The van der Waals surface area contributed by atoms with E-state index >= 15 is 0 Å². The number of benzene rings is 2. The van der Waals surface area contributed by atoms with Crippen molar-refractivity contribution in [3.8, 4) is 5.75 Å². The molecule has 1 fully saturated rings. The van der Waals surface area contributed by atoms with Crippen molar-refractivity contribution in [2.24, 2.45) is 5.92 Å². The number of piperidine rings is 1. The summed E-state index contributed by atoms with van der Waals surface area (Å²) in [5.74, 6) is -1.15. The molecule has 1 aliphatic heterocycles. The summed E-state index contributed by atoms with van der Waals surface area (Å²) in [5.41, 5.74) is 1.67. The molecule has 2 aromatic rings. The lowest BCUT2D eigenvalue weighted by atomic mass is 9.96. The van der Waals surface area contributed by atoms with Crippen LogP contribution in [0, 0.1) is 18.7 Å². The summed E-state index contributed by atoms with van der Waals surface area (Å²) >= 11 is 0. The molecule has 1 saturated heterocycles. The zero-order chi connectivity index (χ0) is 18.7. The molecule has 0 aliphatic carbocycles. The molecular formula is C20H21FN2O3. The van der Waals surface area contributed by atoms with Crippen LogP contribution in [0.4, 0.5) is 10.1 Å². The first-order valence-corrected chi connectivity index (χ1v) is 8.59. The standard InChI is InChI=1S/C20H21FN2O3/c1-13-4-9-17(18(24)11-13)22-19(25)15-3-2-10-23(12-15)20(26)14-5-7-16(21)8-6-14/h4-9,11,15,24H,2-3,10,12H2,1H3,(H,22,25). The van der Waals surface area contributed by atoms with E-state index in [9.17, 15) is 19.1 Å². The van der Waals surface area contributed by atoms with Crippen molar-refractivity contribution in [3.63, 3.8) is 0 Å². The highest BCUT2D eigenvalue weighted by Gasteiger charge is 2.29. The molecule has 3 rings (SSSR count). The van der Waals surface area contributed by atoms with Gasteiger partial charge >= 0.3 is 0 Å². The van der Waals surface area contributed by atoms with Crippen LogP contribution in [0.2, 0.25) is 0 Å². The van der Waals surface area contributed by atoms with Crippen LogP contribution in [0.5, 0.6) is 5.75 Å². The van der Waals surface area contributed by atoms with Crippen molar-refractivity contribution in [1.82, 2.24) is 4.90 Å².